The van der Waals surface area contributed by atoms with Crippen LogP contribution in [0.3, 0.4) is 0 Å². The summed E-state index contributed by atoms with van der Waals surface area (Å²) in [6.07, 6.45) is 4.82. The summed E-state index contributed by atoms with van der Waals surface area (Å²) < 4.78 is 27.8. The second-order valence-electron chi connectivity index (χ2n) is 9.73. The maximum absolute atomic E-state index is 13.1. The highest BCUT2D eigenvalue weighted by atomic mass is 35.5. The number of nitrogens with one attached hydrogen (secondary N) is 2. The number of nitrogens with zero attached hydrogens (tertiary/aromatic N) is 2. The van der Waals surface area contributed by atoms with Gasteiger partial charge in [-0.15, -0.1) is 23.7 Å². The van der Waals surface area contributed by atoms with Crippen LogP contribution in [0, 0.1) is 0 Å². The lowest BCUT2D eigenvalue weighted by atomic mass is 9.83. The normalized spacial score (nSPS) is 24.5. The number of rotatable bonds is 8. The van der Waals surface area contributed by atoms with E-state index in [4.69, 9.17) is 4.99 Å². The molecule has 2 aromatic heterocycles. The average molecular weight is 569 g/mol. The molecule has 11 heteroatoms. The first-order valence-corrected chi connectivity index (χ1v) is 15.2. The smallest absolute Gasteiger partial charge is 0.273 e. The highest BCUT2D eigenvalue weighted by molar-refractivity contribution is 8.15. The third-order valence-corrected chi connectivity index (χ3v) is 11.4. The Morgan fingerprint density at radius 3 is 2.75 bits per heavy atom. The Balaban J connectivity index is 0.00000304. The number of fused-ring (bicyclic) bond motifs is 1. The molecule has 1 aromatic carbocycles. The van der Waals surface area contributed by atoms with Crippen molar-refractivity contribution >= 4 is 67.2 Å². The zero-order chi connectivity index (χ0) is 24.6. The molecule has 1 unspecified atom stereocenters. The third-order valence-electron chi connectivity index (χ3n) is 6.99. The van der Waals surface area contributed by atoms with Crippen LogP contribution in [-0.4, -0.2) is 60.6 Å². The van der Waals surface area contributed by atoms with Crippen molar-refractivity contribution in [3.63, 3.8) is 0 Å². The van der Waals surface area contributed by atoms with Crippen LogP contribution >= 0.6 is 35.5 Å². The van der Waals surface area contributed by atoms with E-state index in [1.165, 1.54) is 15.6 Å². The van der Waals surface area contributed by atoms with Gasteiger partial charge in [-0.1, -0.05) is 30.0 Å². The van der Waals surface area contributed by atoms with Gasteiger partial charge in [-0.2, -0.15) is 0 Å². The van der Waals surface area contributed by atoms with Crippen LogP contribution in [0.5, 0.6) is 0 Å². The van der Waals surface area contributed by atoms with Crippen molar-refractivity contribution in [1.29, 1.82) is 0 Å². The summed E-state index contributed by atoms with van der Waals surface area (Å²) >= 11 is 3.01. The van der Waals surface area contributed by atoms with E-state index in [9.17, 15) is 13.5 Å². The van der Waals surface area contributed by atoms with Crippen LogP contribution in [0.15, 0.2) is 51.0 Å². The minimum Gasteiger partial charge on any atom is -0.390 e. The van der Waals surface area contributed by atoms with Gasteiger partial charge in [-0.3, -0.25) is 9.30 Å². The summed E-state index contributed by atoms with van der Waals surface area (Å²) in [4.78, 5) is 8.24. The molecule has 0 saturated heterocycles. The average Bonchev–Trinajstić information content (AvgIpc) is 3.59. The number of para-hydroxylation sites is 1. The number of thioether (sulfide) groups is 1. The number of thiophene rings is 1. The van der Waals surface area contributed by atoms with E-state index in [-0.39, 0.29) is 12.4 Å². The zero-order valence-electron chi connectivity index (χ0n) is 20.4. The molecule has 1 aliphatic heterocycles. The summed E-state index contributed by atoms with van der Waals surface area (Å²) in [6, 6.07) is 11.7. The van der Waals surface area contributed by atoms with Gasteiger partial charge in [0.1, 0.15) is 9.25 Å². The fraction of sp³-hybridized carbons (Fsp3) is 0.480. The van der Waals surface area contributed by atoms with Gasteiger partial charge >= 0.3 is 0 Å². The molecule has 0 amide bonds. The lowest BCUT2D eigenvalue weighted by molar-refractivity contribution is 0.0142. The summed E-state index contributed by atoms with van der Waals surface area (Å²) in [6.45, 7) is 3.68. The number of halogens is 1. The van der Waals surface area contributed by atoms with E-state index in [0.717, 1.165) is 66.8 Å². The predicted molar refractivity (Wildman–Crippen MR) is 154 cm³/mol. The van der Waals surface area contributed by atoms with E-state index in [2.05, 4.69) is 16.4 Å². The first kappa shape index (κ1) is 27.5. The Kier molecular flexibility index (Phi) is 8.43. The van der Waals surface area contributed by atoms with Gasteiger partial charge in [-0.05, 0) is 69.2 Å². The number of H-pyrrole nitrogens is 1. The Bertz CT molecular complexity index is 1310. The van der Waals surface area contributed by atoms with Gasteiger partial charge in [0, 0.05) is 23.7 Å². The minimum absolute atomic E-state index is 0. The Labute approximate surface area is 227 Å². The van der Waals surface area contributed by atoms with Crippen molar-refractivity contribution in [1.82, 2.24) is 10.3 Å². The van der Waals surface area contributed by atoms with Gasteiger partial charge in [0.05, 0.1) is 29.0 Å². The van der Waals surface area contributed by atoms with Gasteiger partial charge in [-0.25, -0.2) is 8.42 Å². The second-order valence-corrected chi connectivity index (χ2v) is 14.2. The summed E-state index contributed by atoms with van der Waals surface area (Å²) in [5, 5.41) is 17.9. The summed E-state index contributed by atoms with van der Waals surface area (Å²) in [5.41, 5.74) is 1.86. The topological polar surface area (TPSA) is 97.8 Å². The lowest BCUT2D eigenvalue weighted by Crippen LogP contribution is -2.40. The van der Waals surface area contributed by atoms with Crippen molar-refractivity contribution < 1.29 is 13.5 Å². The monoisotopic (exact) mass is 568 g/mol. The van der Waals surface area contributed by atoms with E-state index in [1.807, 2.05) is 25.1 Å². The van der Waals surface area contributed by atoms with Gasteiger partial charge in [0.25, 0.3) is 10.0 Å². The van der Waals surface area contributed by atoms with Crippen molar-refractivity contribution in [2.45, 2.75) is 60.1 Å². The van der Waals surface area contributed by atoms with Crippen LogP contribution in [0.4, 0.5) is 5.69 Å². The molecule has 1 saturated carbocycles. The number of benzene rings is 1. The molecule has 1 fully saturated rings. The molecular weight excluding hydrogens is 536 g/mol. The van der Waals surface area contributed by atoms with Crippen LogP contribution in [0.2, 0.25) is 0 Å². The first-order valence-electron chi connectivity index (χ1n) is 12.0. The van der Waals surface area contributed by atoms with E-state index in [0.29, 0.717) is 21.2 Å². The van der Waals surface area contributed by atoms with E-state index >= 15 is 0 Å². The van der Waals surface area contributed by atoms with E-state index < -0.39 is 15.6 Å². The third kappa shape index (κ3) is 5.79. The number of hydrogen-bond acceptors (Lipinski definition) is 7. The number of anilines is 1. The fourth-order valence-corrected chi connectivity index (χ4v) is 8.26. The molecule has 5 rings (SSSR count). The molecule has 0 bridgehead atoms. The molecule has 3 heterocycles. The number of aromatic amines is 1. The fourth-order valence-electron chi connectivity index (χ4n) is 4.80. The quantitative estimate of drug-likeness (QED) is 0.355. The number of hydrogen-bond donors (Lipinski definition) is 3. The van der Waals surface area contributed by atoms with Crippen LogP contribution in [0.25, 0.3) is 10.9 Å². The van der Waals surface area contributed by atoms with Crippen LogP contribution in [0.1, 0.15) is 44.7 Å². The molecule has 1 aliphatic carbocycles. The zero-order valence-corrected chi connectivity index (χ0v) is 23.7. The predicted octanol–water partition coefficient (Wildman–Crippen LogP) is 5.01. The SMILES string of the molecule is CN(c1cccc2cc(C3=NCC(CCN[C@H]4CC[C@](C)(O)CC4)S3)[nH]c12)S(=O)(=O)c1cccs1.Cl. The van der Waals surface area contributed by atoms with Gasteiger partial charge in [0.15, 0.2) is 0 Å². The number of aliphatic imine (C=N–C) groups is 1. The molecule has 0 radical (unpaired) electrons. The molecule has 3 aromatic rings. The Morgan fingerprint density at radius 1 is 1.25 bits per heavy atom. The molecule has 3 N–H and O–H groups in total. The number of aromatic nitrogens is 1. The van der Waals surface area contributed by atoms with Crippen LogP contribution in [-0.2, 0) is 10.0 Å². The van der Waals surface area contributed by atoms with Gasteiger partial charge in [0.2, 0.25) is 0 Å². The minimum atomic E-state index is -3.61. The first-order chi connectivity index (χ1) is 16.7. The van der Waals surface area contributed by atoms with Gasteiger partial charge < -0.3 is 15.4 Å². The molecule has 1 atom stereocenters. The molecule has 0 spiro atoms. The molecule has 7 nitrogen and oxygen atoms in total. The molecule has 36 heavy (non-hydrogen) atoms. The summed E-state index contributed by atoms with van der Waals surface area (Å²) in [7, 11) is -2.01. The molecule has 2 aliphatic rings. The van der Waals surface area contributed by atoms with Crippen molar-refractivity contribution in [3.8, 4) is 0 Å². The van der Waals surface area contributed by atoms with Crippen molar-refractivity contribution in [2.75, 3.05) is 24.4 Å². The van der Waals surface area contributed by atoms with Crippen molar-refractivity contribution in [3.05, 3.63) is 47.5 Å². The largest absolute Gasteiger partial charge is 0.390 e. The standard InChI is InChI=1S/C25H32N4O3S3.ClH/c1-25(30)11-8-18(9-12-25)26-13-10-19-16-27-24(34-19)20-15-17-5-3-6-21(23(17)28-20)29(2)35(31,32)22-7-4-14-33-22;/h3-7,14-15,18-19,26,28,30H,8-13,16H2,1-2H3;1H/t18-,19?,25-;. The lowest BCUT2D eigenvalue weighted by Gasteiger charge is -2.33. The van der Waals surface area contributed by atoms with Crippen LogP contribution < -0.4 is 9.62 Å². The molecular formula is C25H33ClN4O3S3. The maximum Gasteiger partial charge on any atom is 0.273 e. The Morgan fingerprint density at radius 2 is 2.03 bits per heavy atom. The summed E-state index contributed by atoms with van der Waals surface area (Å²) in [5.74, 6) is 0. The second kappa shape index (κ2) is 11.0. The Hall–Kier alpha value is -1.56. The number of aliphatic hydroxyl groups is 1. The highest BCUT2D eigenvalue weighted by Gasteiger charge is 2.29. The maximum atomic E-state index is 13.1. The van der Waals surface area contributed by atoms with E-state index in [1.54, 1.807) is 36.3 Å². The highest BCUT2D eigenvalue weighted by Crippen LogP contribution is 2.34. The van der Waals surface area contributed by atoms with Crippen molar-refractivity contribution in [2.24, 2.45) is 4.99 Å². The number of sulfonamides is 1. The molecule has 196 valence electrons.